The Morgan fingerprint density at radius 3 is 2.50 bits per heavy atom. The normalized spacial score (nSPS) is 19.3. The third kappa shape index (κ3) is 3.28. The number of ketones is 1. The van der Waals surface area contributed by atoms with Crippen molar-refractivity contribution in [2.45, 2.75) is 13.0 Å². The smallest absolute Gasteiger partial charge is 0.300 e. The van der Waals surface area contributed by atoms with Crippen LogP contribution in [0.15, 0.2) is 72.6 Å². The largest absolute Gasteiger partial charge is 0.507 e. The number of hydrogen-bond acceptors (Lipinski definition) is 6. The maximum Gasteiger partial charge on any atom is 0.300 e. The number of ether oxygens (including phenoxy) is 2. The van der Waals surface area contributed by atoms with Gasteiger partial charge in [-0.1, -0.05) is 23.8 Å². The molecule has 0 saturated carbocycles. The Balaban J connectivity index is 1.68. The van der Waals surface area contributed by atoms with Gasteiger partial charge in [0, 0.05) is 23.6 Å². The number of amides is 1. The van der Waals surface area contributed by atoms with Crippen molar-refractivity contribution in [2.24, 2.45) is 0 Å². The van der Waals surface area contributed by atoms with E-state index in [4.69, 9.17) is 9.47 Å². The van der Waals surface area contributed by atoms with Crippen LogP contribution in [0.2, 0.25) is 0 Å². The van der Waals surface area contributed by atoms with Crippen LogP contribution in [0.1, 0.15) is 22.7 Å². The summed E-state index contributed by atoms with van der Waals surface area (Å²) in [6.45, 7) is 2.78. The van der Waals surface area contributed by atoms with E-state index >= 15 is 0 Å². The van der Waals surface area contributed by atoms with E-state index in [0.717, 1.165) is 5.56 Å². The molecule has 1 N–H and O–H groups in total. The average Bonchev–Trinajstić information content (AvgIpc) is 3.10. The van der Waals surface area contributed by atoms with Crippen LogP contribution in [0.3, 0.4) is 0 Å². The molecule has 0 spiro atoms. The summed E-state index contributed by atoms with van der Waals surface area (Å²) >= 11 is 0. The Kier molecular flexibility index (Phi) is 4.86. The number of rotatable bonds is 3. The van der Waals surface area contributed by atoms with E-state index in [-0.39, 0.29) is 11.3 Å². The molecule has 1 fully saturated rings. The first kappa shape index (κ1) is 19.8. The Bertz CT molecular complexity index is 1230. The van der Waals surface area contributed by atoms with Crippen LogP contribution in [-0.2, 0) is 9.59 Å². The van der Waals surface area contributed by atoms with Gasteiger partial charge in [0.25, 0.3) is 11.7 Å². The van der Waals surface area contributed by atoms with Gasteiger partial charge in [-0.3, -0.25) is 19.5 Å². The lowest BCUT2D eigenvalue weighted by Gasteiger charge is -2.25. The van der Waals surface area contributed by atoms with Crippen molar-refractivity contribution in [3.05, 3.63) is 89.3 Å². The molecule has 7 heteroatoms. The van der Waals surface area contributed by atoms with Crippen molar-refractivity contribution in [3.8, 4) is 11.5 Å². The van der Waals surface area contributed by atoms with Gasteiger partial charge >= 0.3 is 0 Å². The van der Waals surface area contributed by atoms with Gasteiger partial charge in [0.15, 0.2) is 11.5 Å². The fourth-order valence-corrected chi connectivity index (χ4v) is 4.00. The minimum Gasteiger partial charge on any atom is -0.507 e. The summed E-state index contributed by atoms with van der Waals surface area (Å²) in [4.78, 5) is 31.8. The summed E-state index contributed by atoms with van der Waals surface area (Å²) in [6, 6.07) is 14.9. The summed E-state index contributed by atoms with van der Waals surface area (Å²) in [5.41, 5.74) is 2.57. The zero-order chi connectivity index (χ0) is 22.2. The number of anilines is 1. The van der Waals surface area contributed by atoms with E-state index in [1.54, 1.807) is 54.9 Å². The molecular weight excluding hydrogens is 408 g/mol. The molecule has 1 atom stereocenters. The van der Waals surface area contributed by atoms with Crippen LogP contribution >= 0.6 is 0 Å². The summed E-state index contributed by atoms with van der Waals surface area (Å²) < 4.78 is 11.1. The molecular formula is C25H20N2O5. The lowest BCUT2D eigenvalue weighted by molar-refractivity contribution is -0.132. The van der Waals surface area contributed by atoms with Crippen molar-refractivity contribution in [1.29, 1.82) is 0 Å². The van der Waals surface area contributed by atoms with Crippen molar-refractivity contribution in [1.82, 2.24) is 4.98 Å². The van der Waals surface area contributed by atoms with Crippen LogP contribution in [0.5, 0.6) is 11.5 Å². The zero-order valence-corrected chi connectivity index (χ0v) is 17.3. The molecule has 1 unspecified atom stereocenters. The van der Waals surface area contributed by atoms with Gasteiger partial charge in [-0.25, -0.2) is 0 Å². The molecule has 3 aromatic rings. The molecule has 0 bridgehead atoms. The quantitative estimate of drug-likeness (QED) is 0.388. The number of nitrogens with zero attached hydrogens (tertiary/aromatic N) is 2. The molecule has 1 amide bonds. The van der Waals surface area contributed by atoms with Crippen molar-refractivity contribution in [2.75, 3.05) is 18.1 Å². The highest BCUT2D eigenvalue weighted by Crippen LogP contribution is 2.43. The molecule has 160 valence electrons. The minimum atomic E-state index is -0.820. The Morgan fingerprint density at radius 2 is 1.78 bits per heavy atom. The third-order valence-corrected chi connectivity index (χ3v) is 5.57. The highest BCUT2D eigenvalue weighted by Gasteiger charge is 2.47. The number of pyridine rings is 1. The fraction of sp³-hybridized carbons (Fsp3) is 0.160. The highest BCUT2D eigenvalue weighted by atomic mass is 16.6. The SMILES string of the molecule is Cc1ccc(N2C(=O)C(=O)/C(=C(\O)c3ccc4c(c3)OCCO4)C2c2cccnc2)cc1. The Hall–Kier alpha value is -4.13. The highest BCUT2D eigenvalue weighted by molar-refractivity contribution is 6.51. The lowest BCUT2D eigenvalue weighted by atomic mass is 9.96. The molecule has 7 nitrogen and oxygen atoms in total. The minimum absolute atomic E-state index is 0.000234. The monoisotopic (exact) mass is 428 g/mol. The average molecular weight is 428 g/mol. The van der Waals surface area contributed by atoms with Crippen LogP contribution in [0, 0.1) is 6.92 Å². The number of carbonyl (C=O) groups is 2. The number of aromatic nitrogens is 1. The first-order valence-electron chi connectivity index (χ1n) is 10.2. The second-order valence-electron chi connectivity index (χ2n) is 7.65. The number of aliphatic hydroxyl groups is 1. The van der Waals surface area contributed by atoms with Crippen molar-refractivity contribution >= 4 is 23.1 Å². The molecule has 2 aliphatic heterocycles. The molecule has 2 aromatic carbocycles. The number of Topliss-reactive ketones (excluding diaryl/α,β-unsaturated/α-hetero) is 1. The third-order valence-electron chi connectivity index (χ3n) is 5.57. The second-order valence-corrected chi connectivity index (χ2v) is 7.65. The number of benzene rings is 2. The zero-order valence-electron chi connectivity index (χ0n) is 17.3. The van der Waals surface area contributed by atoms with E-state index < -0.39 is 17.7 Å². The molecule has 1 aromatic heterocycles. The molecule has 3 heterocycles. The molecule has 0 radical (unpaired) electrons. The molecule has 0 aliphatic carbocycles. The molecule has 32 heavy (non-hydrogen) atoms. The standard InChI is InChI=1S/C25H20N2O5/c1-15-4-7-18(8-5-15)27-22(17-3-2-10-26-14-17)21(24(29)25(27)30)23(28)16-6-9-19-20(13-16)32-12-11-31-19/h2-10,13-14,22,28H,11-12H2,1H3/b23-21-. The van der Waals surface area contributed by atoms with Gasteiger partial charge in [-0.15, -0.1) is 0 Å². The van der Waals surface area contributed by atoms with Crippen LogP contribution < -0.4 is 14.4 Å². The van der Waals surface area contributed by atoms with Gasteiger partial charge < -0.3 is 14.6 Å². The Morgan fingerprint density at radius 1 is 1.03 bits per heavy atom. The predicted molar refractivity (Wildman–Crippen MR) is 118 cm³/mol. The maximum absolute atomic E-state index is 13.2. The molecule has 1 saturated heterocycles. The summed E-state index contributed by atoms with van der Waals surface area (Å²) in [5.74, 6) is -0.694. The first-order valence-corrected chi connectivity index (χ1v) is 10.2. The maximum atomic E-state index is 13.2. The van der Waals surface area contributed by atoms with Crippen molar-refractivity contribution < 1.29 is 24.2 Å². The number of hydrogen-bond donors (Lipinski definition) is 1. The van der Waals surface area contributed by atoms with Crippen LogP contribution in [-0.4, -0.2) is 35.0 Å². The fourth-order valence-electron chi connectivity index (χ4n) is 4.00. The van der Waals surface area contributed by atoms with E-state index in [9.17, 15) is 14.7 Å². The Labute approximate surface area is 184 Å². The summed E-state index contributed by atoms with van der Waals surface area (Å²) in [7, 11) is 0. The van der Waals surface area contributed by atoms with E-state index in [1.165, 1.54) is 4.90 Å². The van der Waals surface area contributed by atoms with Crippen LogP contribution in [0.25, 0.3) is 5.76 Å². The molecule has 2 aliphatic rings. The lowest BCUT2D eigenvalue weighted by Crippen LogP contribution is -2.29. The van der Waals surface area contributed by atoms with Gasteiger partial charge in [0.05, 0.1) is 11.6 Å². The number of aliphatic hydroxyl groups excluding tert-OH is 1. The topological polar surface area (TPSA) is 89.0 Å². The second kappa shape index (κ2) is 7.85. The van der Waals surface area contributed by atoms with E-state index in [2.05, 4.69) is 4.98 Å². The van der Waals surface area contributed by atoms with Crippen LogP contribution in [0.4, 0.5) is 5.69 Å². The van der Waals surface area contributed by atoms with Gasteiger partial charge in [0.1, 0.15) is 19.0 Å². The van der Waals surface area contributed by atoms with E-state index in [0.29, 0.717) is 41.5 Å². The number of carbonyl (C=O) groups excluding carboxylic acids is 2. The molecule has 5 rings (SSSR count). The first-order chi connectivity index (χ1) is 15.5. The number of fused-ring (bicyclic) bond motifs is 1. The van der Waals surface area contributed by atoms with Gasteiger partial charge in [0.2, 0.25) is 0 Å². The summed E-state index contributed by atoms with van der Waals surface area (Å²) in [6.07, 6.45) is 3.21. The van der Waals surface area contributed by atoms with E-state index in [1.807, 2.05) is 19.1 Å². The van der Waals surface area contributed by atoms with Gasteiger partial charge in [-0.2, -0.15) is 0 Å². The number of aryl methyl sites for hydroxylation is 1. The summed E-state index contributed by atoms with van der Waals surface area (Å²) in [5, 5.41) is 11.2. The van der Waals surface area contributed by atoms with Gasteiger partial charge in [-0.05, 0) is 48.9 Å². The predicted octanol–water partition coefficient (Wildman–Crippen LogP) is 3.79. The van der Waals surface area contributed by atoms with Crippen molar-refractivity contribution in [3.63, 3.8) is 0 Å².